The molecule has 0 radical (unpaired) electrons. The molecule has 1 fully saturated rings. The lowest BCUT2D eigenvalue weighted by Gasteiger charge is -2.19. The van der Waals surface area contributed by atoms with E-state index in [9.17, 15) is 0 Å². The van der Waals surface area contributed by atoms with Crippen molar-refractivity contribution in [3.05, 3.63) is 35.9 Å². The first-order valence-corrected chi connectivity index (χ1v) is 6.05. The summed E-state index contributed by atoms with van der Waals surface area (Å²) in [4.78, 5) is 0. The molecule has 0 aliphatic heterocycles. The molecule has 0 aromatic heterocycles. The van der Waals surface area contributed by atoms with Gasteiger partial charge < -0.3 is 5.32 Å². The molecule has 0 saturated heterocycles. The molecule has 2 rings (SSSR count). The van der Waals surface area contributed by atoms with E-state index in [-0.39, 0.29) is 0 Å². The Bertz CT molecular complexity index is 289. The van der Waals surface area contributed by atoms with Crippen molar-refractivity contribution >= 4 is 0 Å². The van der Waals surface area contributed by atoms with Crippen molar-refractivity contribution in [1.29, 1.82) is 0 Å². The molecule has 2 unspecified atom stereocenters. The highest BCUT2D eigenvalue weighted by Crippen LogP contribution is 2.32. The van der Waals surface area contributed by atoms with Crippen molar-refractivity contribution < 1.29 is 0 Å². The number of benzene rings is 1. The first-order valence-electron chi connectivity index (χ1n) is 6.05. The number of hydrogen-bond donors (Lipinski definition) is 1. The maximum absolute atomic E-state index is 3.69. The SMILES string of the molecule is CC(Cc1ccccc1)NC(C)C1CC1. The van der Waals surface area contributed by atoms with Gasteiger partial charge in [-0.2, -0.15) is 0 Å². The van der Waals surface area contributed by atoms with Crippen LogP contribution in [0.1, 0.15) is 32.3 Å². The van der Waals surface area contributed by atoms with Gasteiger partial charge in [0.2, 0.25) is 0 Å². The number of hydrogen-bond acceptors (Lipinski definition) is 1. The Morgan fingerprint density at radius 3 is 2.47 bits per heavy atom. The molecule has 1 aromatic carbocycles. The fraction of sp³-hybridized carbons (Fsp3) is 0.571. The van der Waals surface area contributed by atoms with Crippen molar-refractivity contribution in [3.63, 3.8) is 0 Å². The smallest absolute Gasteiger partial charge is 0.00817 e. The van der Waals surface area contributed by atoms with Gasteiger partial charge in [-0.25, -0.2) is 0 Å². The summed E-state index contributed by atoms with van der Waals surface area (Å²) in [5.74, 6) is 0.947. The van der Waals surface area contributed by atoms with Crippen molar-refractivity contribution in [2.45, 2.75) is 45.2 Å². The van der Waals surface area contributed by atoms with E-state index in [1.54, 1.807) is 0 Å². The lowest BCUT2D eigenvalue weighted by atomic mass is 10.1. The molecular weight excluding hydrogens is 182 g/mol. The van der Waals surface area contributed by atoms with Gasteiger partial charge in [0.05, 0.1) is 0 Å². The highest BCUT2D eigenvalue weighted by Gasteiger charge is 2.28. The van der Waals surface area contributed by atoms with Gasteiger partial charge in [0.15, 0.2) is 0 Å². The summed E-state index contributed by atoms with van der Waals surface area (Å²) in [6, 6.07) is 12.0. The van der Waals surface area contributed by atoms with E-state index >= 15 is 0 Å². The molecule has 1 saturated carbocycles. The summed E-state index contributed by atoms with van der Waals surface area (Å²) >= 11 is 0. The Morgan fingerprint density at radius 1 is 1.20 bits per heavy atom. The van der Waals surface area contributed by atoms with Crippen LogP contribution in [0, 0.1) is 5.92 Å². The molecule has 0 bridgehead atoms. The summed E-state index contributed by atoms with van der Waals surface area (Å²) in [7, 11) is 0. The molecule has 1 nitrogen and oxygen atoms in total. The van der Waals surface area contributed by atoms with Gasteiger partial charge in [0.25, 0.3) is 0 Å². The summed E-state index contributed by atoms with van der Waals surface area (Å²) in [5.41, 5.74) is 1.43. The van der Waals surface area contributed by atoms with Crippen molar-refractivity contribution in [3.8, 4) is 0 Å². The third-order valence-electron chi connectivity index (χ3n) is 3.26. The van der Waals surface area contributed by atoms with Crippen LogP contribution in [-0.2, 0) is 6.42 Å². The van der Waals surface area contributed by atoms with Crippen molar-refractivity contribution in [1.82, 2.24) is 5.32 Å². The molecule has 1 aromatic rings. The van der Waals surface area contributed by atoms with Crippen LogP contribution in [-0.4, -0.2) is 12.1 Å². The van der Waals surface area contributed by atoms with Gasteiger partial charge in [0.1, 0.15) is 0 Å². The molecule has 1 heteroatoms. The minimum Gasteiger partial charge on any atom is -0.311 e. The zero-order chi connectivity index (χ0) is 10.7. The van der Waals surface area contributed by atoms with Crippen LogP contribution in [0.3, 0.4) is 0 Å². The minimum atomic E-state index is 0.586. The molecule has 82 valence electrons. The Morgan fingerprint density at radius 2 is 1.87 bits per heavy atom. The van der Waals surface area contributed by atoms with Crippen LogP contribution >= 0.6 is 0 Å². The third-order valence-corrected chi connectivity index (χ3v) is 3.26. The quantitative estimate of drug-likeness (QED) is 0.775. The standard InChI is InChI=1S/C14H21N/c1-11(15-12(2)14-8-9-14)10-13-6-4-3-5-7-13/h3-7,11-12,14-15H,8-10H2,1-2H3. The Labute approximate surface area is 92.9 Å². The first kappa shape index (κ1) is 10.7. The topological polar surface area (TPSA) is 12.0 Å². The zero-order valence-corrected chi connectivity index (χ0v) is 9.74. The van der Waals surface area contributed by atoms with Gasteiger partial charge in [-0.3, -0.25) is 0 Å². The maximum atomic E-state index is 3.69. The van der Waals surface area contributed by atoms with E-state index < -0.39 is 0 Å². The minimum absolute atomic E-state index is 0.586. The zero-order valence-electron chi connectivity index (χ0n) is 9.74. The second-order valence-corrected chi connectivity index (χ2v) is 4.88. The monoisotopic (exact) mass is 203 g/mol. The fourth-order valence-electron chi connectivity index (χ4n) is 2.21. The van der Waals surface area contributed by atoms with Gasteiger partial charge in [-0.1, -0.05) is 30.3 Å². The summed E-state index contributed by atoms with van der Waals surface area (Å²) in [5, 5.41) is 3.69. The second-order valence-electron chi connectivity index (χ2n) is 4.88. The van der Waals surface area contributed by atoms with Gasteiger partial charge in [-0.15, -0.1) is 0 Å². The van der Waals surface area contributed by atoms with E-state index in [0.29, 0.717) is 12.1 Å². The average Bonchev–Trinajstić information content (AvgIpc) is 3.01. The highest BCUT2D eigenvalue weighted by molar-refractivity contribution is 5.15. The van der Waals surface area contributed by atoms with E-state index in [4.69, 9.17) is 0 Å². The summed E-state index contributed by atoms with van der Waals surface area (Å²) in [6.07, 6.45) is 3.98. The van der Waals surface area contributed by atoms with E-state index in [1.165, 1.54) is 18.4 Å². The molecule has 1 aliphatic carbocycles. The van der Waals surface area contributed by atoms with Gasteiger partial charge in [0, 0.05) is 12.1 Å². The molecular formula is C14H21N. The number of rotatable bonds is 5. The lowest BCUT2D eigenvalue weighted by molar-refractivity contribution is 0.430. The average molecular weight is 203 g/mol. The van der Waals surface area contributed by atoms with Gasteiger partial charge >= 0.3 is 0 Å². The predicted octanol–water partition coefficient (Wildman–Crippen LogP) is 3.01. The second kappa shape index (κ2) is 4.80. The molecule has 0 amide bonds. The Kier molecular flexibility index (Phi) is 3.42. The van der Waals surface area contributed by atoms with Crippen LogP contribution in [0.5, 0.6) is 0 Å². The Hall–Kier alpha value is -0.820. The van der Waals surface area contributed by atoms with E-state index in [2.05, 4.69) is 49.5 Å². The normalized spacial score (nSPS) is 19.9. The van der Waals surface area contributed by atoms with E-state index in [1.807, 2.05) is 0 Å². The van der Waals surface area contributed by atoms with Gasteiger partial charge in [-0.05, 0) is 44.6 Å². The lowest BCUT2D eigenvalue weighted by Crippen LogP contribution is -2.37. The van der Waals surface area contributed by atoms with Crippen molar-refractivity contribution in [2.75, 3.05) is 0 Å². The molecule has 1 N–H and O–H groups in total. The largest absolute Gasteiger partial charge is 0.311 e. The highest BCUT2D eigenvalue weighted by atomic mass is 14.9. The van der Waals surface area contributed by atoms with Crippen LogP contribution in [0.15, 0.2) is 30.3 Å². The fourth-order valence-corrected chi connectivity index (χ4v) is 2.21. The van der Waals surface area contributed by atoms with E-state index in [0.717, 1.165) is 12.3 Å². The summed E-state index contributed by atoms with van der Waals surface area (Å²) < 4.78 is 0. The van der Waals surface area contributed by atoms with Crippen LogP contribution in [0.25, 0.3) is 0 Å². The Balaban J connectivity index is 1.79. The van der Waals surface area contributed by atoms with Crippen molar-refractivity contribution in [2.24, 2.45) is 5.92 Å². The van der Waals surface area contributed by atoms with Crippen LogP contribution in [0.4, 0.5) is 0 Å². The third kappa shape index (κ3) is 3.35. The molecule has 1 aliphatic rings. The number of nitrogens with one attached hydrogen (secondary N) is 1. The molecule has 0 spiro atoms. The summed E-state index contributed by atoms with van der Waals surface area (Å²) in [6.45, 7) is 4.60. The molecule has 15 heavy (non-hydrogen) atoms. The molecule has 0 heterocycles. The first-order chi connectivity index (χ1) is 7.25. The van der Waals surface area contributed by atoms with Crippen LogP contribution < -0.4 is 5.32 Å². The predicted molar refractivity (Wildman–Crippen MR) is 64.9 cm³/mol. The van der Waals surface area contributed by atoms with Crippen LogP contribution in [0.2, 0.25) is 0 Å². The maximum Gasteiger partial charge on any atom is 0.00817 e. The molecule has 2 atom stereocenters.